The lowest BCUT2D eigenvalue weighted by Crippen LogP contribution is -2.42. The third-order valence-electron chi connectivity index (χ3n) is 4.00. The summed E-state index contributed by atoms with van der Waals surface area (Å²) in [6.45, 7) is 2.90. The van der Waals surface area contributed by atoms with Crippen molar-refractivity contribution in [1.29, 1.82) is 0 Å². The molecule has 1 saturated carbocycles. The predicted octanol–water partition coefficient (Wildman–Crippen LogP) is 1.00. The summed E-state index contributed by atoms with van der Waals surface area (Å²) in [6.07, 6.45) is 1.67. The summed E-state index contributed by atoms with van der Waals surface area (Å²) < 4.78 is 44.8. The first-order valence-corrected chi connectivity index (χ1v) is 10.2. The minimum Gasteiger partial charge on any atom is -0.452 e. The molecule has 11 heteroatoms. The van der Waals surface area contributed by atoms with Gasteiger partial charge in [0.25, 0.3) is 5.91 Å². The number of imide groups is 1. The molecule has 0 aliphatic heterocycles. The van der Waals surface area contributed by atoms with E-state index in [4.69, 9.17) is 4.74 Å². The van der Waals surface area contributed by atoms with Crippen LogP contribution in [0.2, 0.25) is 0 Å². The Morgan fingerprint density at radius 1 is 1.21 bits per heavy atom. The molecule has 1 aliphatic carbocycles. The van der Waals surface area contributed by atoms with Crippen molar-refractivity contribution in [3.05, 3.63) is 29.6 Å². The van der Waals surface area contributed by atoms with E-state index in [1.165, 1.54) is 0 Å². The van der Waals surface area contributed by atoms with E-state index in [2.05, 4.69) is 5.32 Å². The summed E-state index contributed by atoms with van der Waals surface area (Å²) in [5.74, 6) is -3.10. The second-order valence-electron chi connectivity index (χ2n) is 6.10. The number of amides is 3. The maximum Gasteiger partial charge on any atom is 0.341 e. The molecule has 0 saturated heterocycles. The Kier molecular flexibility index (Phi) is 7.08. The third-order valence-corrected chi connectivity index (χ3v) is 6.05. The molecule has 154 valence electrons. The maximum atomic E-state index is 14.0. The van der Waals surface area contributed by atoms with Crippen molar-refractivity contribution in [2.75, 3.05) is 19.7 Å². The lowest BCUT2D eigenvalue weighted by molar-refractivity contribution is -0.123. The molecule has 2 N–H and O–H groups in total. The molecule has 28 heavy (non-hydrogen) atoms. The largest absolute Gasteiger partial charge is 0.452 e. The minimum absolute atomic E-state index is 0.0416. The molecule has 2 rings (SSSR count). The first-order chi connectivity index (χ1) is 13.2. The summed E-state index contributed by atoms with van der Waals surface area (Å²) in [7, 11) is -3.90. The number of hydrogen-bond donors (Lipinski definition) is 2. The number of sulfonamides is 1. The van der Waals surface area contributed by atoms with Crippen molar-refractivity contribution < 1.29 is 31.9 Å². The van der Waals surface area contributed by atoms with Crippen LogP contribution in [0.4, 0.5) is 9.18 Å². The molecule has 0 spiro atoms. The van der Waals surface area contributed by atoms with Crippen LogP contribution in [0.3, 0.4) is 0 Å². The van der Waals surface area contributed by atoms with Crippen LogP contribution in [0, 0.1) is 5.82 Å². The van der Waals surface area contributed by atoms with E-state index in [0.717, 1.165) is 35.3 Å². The second-order valence-corrected chi connectivity index (χ2v) is 8.04. The molecule has 0 bridgehead atoms. The first-order valence-electron chi connectivity index (χ1n) is 8.76. The molecule has 9 nitrogen and oxygen atoms in total. The molecule has 1 aliphatic rings. The van der Waals surface area contributed by atoms with Gasteiger partial charge in [-0.05, 0) is 31.0 Å². The number of ether oxygens (including phenoxy) is 1. The lowest BCUT2D eigenvalue weighted by atomic mass is 10.2. The van der Waals surface area contributed by atoms with Crippen LogP contribution < -0.4 is 10.6 Å². The number of benzene rings is 1. The van der Waals surface area contributed by atoms with Gasteiger partial charge < -0.3 is 10.1 Å². The van der Waals surface area contributed by atoms with Crippen molar-refractivity contribution in [1.82, 2.24) is 14.9 Å². The van der Waals surface area contributed by atoms with Gasteiger partial charge in [-0.3, -0.25) is 10.1 Å². The summed E-state index contributed by atoms with van der Waals surface area (Å²) in [6, 6.07) is 2.09. The molecule has 0 unspecified atom stereocenters. The van der Waals surface area contributed by atoms with E-state index < -0.39 is 45.9 Å². The molecule has 0 aromatic heterocycles. The highest BCUT2D eigenvalue weighted by Gasteiger charge is 2.26. The van der Waals surface area contributed by atoms with Gasteiger partial charge in [-0.1, -0.05) is 13.8 Å². The van der Waals surface area contributed by atoms with Gasteiger partial charge in [-0.2, -0.15) is 4.31 Å². The van der Waals surface area contributed by atoms with Gasteiger partial charge in [0.15, 0.2) is 6.61 Å². The Morgan fingerprint density at radius 2 is 1.86 bits per heavy atom. The zero-order valence-corrected chi connectivity index (χ0v) is 16.3. The fraction of sp³-hybridized carbons (Fsp3) is 0.471. The highest BCUT2D eigenvalue weighted by atomic mass is 32.2. The van der Waals surface area contributed by atoms with Crippen molar-refractivity contribution in [3.63, 3.8) is 0 Å². The first kappa shape index (κ1) is 21.8. The Morgan fingerprint density at radius 3 is 2.43 bits per heavy atom. The second kappa shape index (κ2) is 9.11. The Labute approximate surface area is 162 Å². The van der Waals surface area contributed by atoms with Crippen LogP contribution in [-0.4, -0.2) is 56.4 Å². The summed E-state index contributed by atoms with van der Waals surface area (Å²) in [4.78, 5) is 34.9. The minimum atomic E-state index is -3.90. The van der Waals surface area contributed by atoms with Crippen LogP contribution in [0.5, 0.6) is 0 Å². The number of esters is 1. The summed E-state index contributed by atoms with van der Waals surface area (Å²) in [5.41, 5.74) is -0.622. The summed E-state index contributed by atoms with van der Waals surface area (Å²) >= 11 is 0. The number of halogens is 1. The smallest absolute Gasteiger partial charge is 0.341 e. The average molecular weight is 415 g/mol. The molecule has 1 fully saturated rings. The van der Waals surface area contributed by atoms with Gasteiger partial charge in [0.2, 0.25) is 10.0 Å². The number of rotatable bonds is 8. The Balaban J connectivity index is 2.04. The fourth-order valence-electron chi connectivity index (χ4n) is 2.35. The van der Waals surface area contributed by atoms with Gasteiger partial charge in [-0.15, -0.1) is 0 Å². The van der Waals surface area contributed by atoms with Crippen LogP contribution in [0.15, 0.2) is 23.1 Å². The summed E-state index contributed by atoms with van der Waals surface area (Å²) in [5, 5.41) is 4.49. The van der Waals surface area contributed by atoms with E-state index in [9.17, 15) is 27.2 Å². The molecule has 1 aromatic carbocycles. The van der Waals surface area contributed by atoms with Crippen LogP contribution >= 0.6 is 0 Å². The molecule has 0 radical (unpaired) electrons. The van der Waals surface area contributed by atoms with E-state index in [1.54, 1.807) is 13.8 Å². The highest BCUT2D eigenvalue weighted by Crippen LogP contribution is 2.20. The van der Waals surface area contributed by atoms with Gasteiger partial charge >= 0.3 is 12.0 Å². The van der Waals surface area contributed by atoms with Crippen molar-refractivity contribution in [2.24, 2.45) is 0 Å². The van der Waals surface area contributed by atoms with Crippen molar-refractivity contribution >= 4 is 27.9 Å². The molecular formula is C17H22FN3O6S. The number of nitrogens with zero attached hydrogens (tertiary/aromatic N) is 1. The monoisotopic (exact) mass is 415 g/mol. The van der Waals surface area contributed by atoms with Crippen LogP contribution in [0.25, 0.3) is 0 Å². The number of nitrogens with one attached hydrogen (secondary N) is 2. The van der Waals surface area contributed by atoms with Crippen molar-refractivity contribution in [2.45, 2.75) is 37.6 Å². The van der Waals surface area contributed by atoms with E-state index in [1.807, 2.05) is 5.32 Å². The predicted molar refractivity (Wildman–Crippen MR) is 96.5 cm³/mol. The normalized spacial score (nSPS) is 13.9. The van der Waals surface area contributed by atoms with E-state index in [0.29, 0.717) is 0 Å². The Bertz CT molecular complexity index is 866. The molecule has 1 aromatic rings. The number of carbonyl (C=O) groups excluding carboxylic acids is 3. The number of hydrogen-bond acceptors (Lipinski definition) is 6. The Hall–Kier alpha value is -2.53. The number of carbonyl (C=O) groups is 3. The van der Waals surface area contributed by atoms with E-state index in [-0.39, 0.29) is 24.0 Å². The van der Waals surface area contributed by atoms with Gasteiger partial charge in [0.1, 0.15) is 5.82 Å². The highest BCUT2D eigenvalue weighted by molar-refractivity contribution is 7.89. The third kappa shape index (κ3) is 5.49. The van der Waals surface area contributed by atoms with Gasteiger partial charge in [-0.25, -0.2) is 22.4 Å². The number of urea groups is 1. The zero-order valence-electron chi connectivity index (χ0n) is 15.5. The quantitative estimate of drug-likeness (QED) is 0.611. The average Bonchev–Trinajstić information content (AvgIpc) is 3.44. The lowest BCUT2D eigenvalue weighted by Gasteiger charge is -2.18. The standard InChI is InChI=1S/C17H22FN3O6S/c1-3-21(4-2)28(25,26)12-7-8-14(18)13(9-12)16(23)27-10-15(22)20-17(24)19-11-5-6-11/h7-9,11H,3-6,10H2,1-2H3,(H2,19,20,22,24). The SMILES string of the molecule is CCN(CC)S(=O)(=O)c1ccc(F)c(C(=O)OCC(=O)NC(=O)NC2CC2)c1. The van der Waals surface area contributed by atoms with Gasteiger partial charge in [0.05, 0.1) is 10.5 Å². The van der Waals surface area contributed by atoms with Crippen LogP contribution in [-0.2, 0) is 19.6 Å². The molecule has 3 amide bonds. The maximum absolute atomic E-state index is 14.0. The van der Waals surface area contributed by atoms with E-state index >= 15 is 0 Å². The van der Waals surface area contributed by atoms with Crippen molar-refractivity contribution in [3.8, 4) is 0 Å². The zero-order chi connectivity index (χ0) is 20.9. The topological polar surface area (TPSA) is 122 Å². The fourth-order valence-corrected chi connectivity index (χ4v) is 3.84. The molecule has 0 atom stereocenters. The molecular weight excluding hydrogens is 393 g/mol. The molecule has 0 heterocycles. The van der Waals surface area contributed by atoms with Gasteiger partial charge in [0, 0.05) is 19.1 Å². The van der Waals surface area contributed by atoms with Crippen LogP contribution in [0.1, 0.15) is 37.0 Å².